The molecule has 1 atom stereocenters. The monoisotopic (exact) mass is 260 g/mol. The number of aliphatic carboxylic acids is 1. The van der Waals surface area contributed by atoms with Crippen molar-refractivity contribution in [1.82, 2.24) is 10.2 Å². The molecule has 0 spiro atoms. The van der Waals surface area contributed by atoms with Gasteiger partial charge in [0.2, 0.25) is 0 Å². The van der Waals surface area contributed by atoms with Crippen LogP contribution in [0, 0.1) is 5.41 Å². The van der Waals surface area contributed by atoms with Crippen molar-refractivity contribution < 1.29 is 19.8 Å². The normalized spacial score (nSPS) is 14.8. The second-order valence-corrected chi connectivity index (χ2v) is 6.14. The number of carboxylic acid groups (broad SMARTS) is 1. The van der Waals surface area contributed by atoms with E-state index >= 15 is 0 Å². The number of nitrogens with one attached hydrogen (secondary N) is 1. The third-order valence-corrected chi connectivity index (χ3v) is 2.21. The average Bonchev–Trinajstić information content (AvgIpc) is 2.09. The summed E-state index contributed by atoms with van der Waals surface area (Å²) in [7, 11) is 1.66. The molecule has 18 heavy (non-hydrogen) atoms. The second kappa shape index (κ2) is 6.04. The summed E-state index contributed by atoms with van der Waals surface area (Å²) < 4.78 is 0. The molecule has 2 amide bonds. The van der Waals surface area contributed by atoms with Crippen LogP contribution in [-0.2, 0) is 4.79 Å². The Bertz CT molecular complexity index is 308. The predicted octanol–water partition coefficient (Wildman–Crippen LogP) is 0.900. The van der Waals surface area contributed by atoms with E-state index in [1.54, 1.807) is 7.05 Å². The number of amides is 2. The minimum Gasteiger partial charge on any atom is -0.481 e. The molecule has 0 saturated carbocycles. The smallest absolute Gasteiger partial charge is 0.317 e. The number of carbonyl (C=O) groups excluding carboxylic acids is 1. The van der Waals surface area contributed by atoms with Gasteiger partial charge >= 0.3 is 12.0 Å². The molecule has 0 saturated heterocycles. The van der Waals surface area contributed by atoms with Gasteiger partial charge in [-0.2, -0.15) is 0 Å². The van der Waals surface area contributed by atoms with Gasteiger partial charge in [-0.1, -0.05) is 20.8 Å². The lowest BCUT2D eigenvalue weighted by molar-refractivity contribution is -0.141. The summed E-state index contributed by atoms with van der Waals surface area (Å²) in [5, 5.41) is 20.9. The van der Waals surface area contributed by atoms with E-state index in [0.717, 1.165) is 0 Å². The molecule has 0 bridgehead atoms. The SMILES string of the molecule is CN(CC(C)(C)C)C(=O)NCC(C)(O)CC(=O)O. The van der Waals surface area contributed by atoms with E-state index in [1.165, 1.54) is 11.8 Å². The Balaban J connectivity index is 4.21. The first kappa shape index (κ1) is 16.7. The molecule has 0 radical (unpaired) electrons. The van der Waals surface area contributed by atoms with Crippen LogP contribution in [0.25, 0.3) is 0 Å². The summed E-state index contributed by atoms with van der Waals surface area (Å²) in [6, 6.07) is -0.324. The molecule has 0 rings (SSSR count). The number of hydrogen-bond acceptors (Lipinski definition) is 3. The van der Waals surface area contributed by atoms with Gasteiger partial charge in [0.25, 0.3) is 0 Å². The minimum absolute atomic E-state index is 0.0182. The number of urea groups is 1. The average molecular weight is 260 g/mol. The fourth-order valence-electron chi connectivity index (χ4n) is 1.57. The molecule has 1 unspecified atom stereocenters. The first-order valence-corrected chi connectivity index (χ1v) is 5.86. The molecule has 6 nitrogen and oxygen atoms in total. The van der Waals surface area contributed by atoms with E-state index in [9.17, 15) is 14.7 Å². The van der Waals surface area contributed by atoms with Gasteiger partial charge in [0.05, 0.1) is 12.0 Å². The molecular weight excluding hydrogens is 236 g/mol. The number of hydrogen-bond donors (Lipinski definition) is 3. The highest BCUT2D eigenvalue weighted by Gasteiger charge is 2.26. The van der Waals surface area contributed by atoms with Gasteiger partial charge in [-0.3, -0.25) is 4.79 Å². The van der Waals surface area contributed by atoms with Crippen LogP contribution in [-0.4, -0.2) is 52.9 Å². The number of rotatable bonds is 5. The number of carbonyl (C=O) groups is 2. The zero-order chi connectivity index (χ0) is 14.6. The summed E-state index contributed by atoms with van der Waals surface area (Å²) in [5.41, 5.74) is -1.46. The van der Waals surface area contributed by atoms with E-state index in [0.29, 0.717) is 6.54 Å². The highest BCUT2D eigenvalue weighted by Crippen LogP contribution is 2.14. The first-order chi connectivity index (χ1) is 7.93. The van der Waals surface area contributed by atoms with Crippen molar-refractivity contribution in [2.45, 2.75) is 39.7 Å². The van der Waals surface area contributed by atoms with Crippen LogP contribution in [0.3, 0.4) is 0 Å². The standard InChI is InChI=1S/C12H24N2O4/c1-11(2,3)8-14(5)10(17)13-7-12(4,18)6-9(15)16/h18H,6-8H2,1-5H3,(H,13,17)(H,15,16). The quantitative estimate of drug-likeness (QED) is 0.685. The molecule has 0 aliphatic heterocycles. The van der Waals surface area contributed by atoms with Crippen molar-refractivity contribution in [3.8, 4) is 0 Å². The topological polar surface area (TPSA) is 89.9 Å². The van der Waals surface area contributed by atoms with Crippen LogP contribution < -0.4 is 5.32 Å². The van der Waals surface area contributed by atoms with Crippen molar-refractivity contribution in [2.24, 2.45) is 5.41 Å². The van der Waals surface area contributed by atoms with Crippen LogP contribution in [0.2, 0.25) is 0 Å². The maximum atomic E-state index is 11.7. The Kier molecular flexibility index (Phi) is 5.60. The van der Waals surface area contributed by atoms with Crippen LogP contribution in [0.5, 0.6) is 0 Å². The predicted molar refractivity (Wildman–Crippen MR) is 68.4 cm³/mol. The molecule has 0 aromatic carbocycles. The lowest BCUT2D eigenvalue weighted by atomic mass is 9.96. The van der Waals surface area contributed by atoms with Crippen LogP contribution in [0.1, 0.15) is 34.1 Å². The van der Waals surface area contributed by atoms with Crippen LogP contribution in [0.15, 0.2) is 0 Å². The van der Waals surface area contributed by atoms with Crippen molar-refractivity contribution in [3.05, 3.63) is 0 Å². The van der Waals surface area contributed by atoms with E-state index in [2.05, 4.69) is 5.32 Å². The van der Waals surface area contributed by atoms with Gasteiger partial charge in [-0.25, -0.2) is 4.79 Å². The van der Waals surface area contributed by atoms with Gasteiger partial charge in [0.15, 0.2) is 0 Å². The van der Waals surface area contributed by atoms with Gasteiger partial charge < -0.3 is 20.4 Å². The molecule has 6 heteroatoms. The Morgan fingerprint density at radius 2 is 1.72 bits per heavy atom. The van der Waals surface area contributed by atoms with Crippen molar-refractivity contribution in [2.75, 3.05) is 20.1 Å². The van der Waals surface area contributed by atoms with Gasteiger partial charge in [0.1, 0.15) is 0 Å². The summed E-state index contributed by atoms with van der Waals surface area (Å²) in [5.74, 6) is -1.10. The maximum absolute atomic E-state index is 11.7. The third-order valence-electron chi connectivity index (χ3n) is 2.21. The Morgan fingerprint density at radius 3 is 2.11 bits per heavy atom. The number of nitrogens with zero attached hydrogens (tertiary/aromatic N) is 1. The molecular formula is C12H24N2O4. The summed E-state index contributed by atoms with van der Waals surface area (Å²) in [4.78, 5) is 23.7. The second-order valence-electron chi connectivity index (χ2n) is 6.14. The molecule has 0 aliphatic rings. The number of aliphatic hydroxyl groups is 1. The minimum atomic E-state index is -1.44. The fourth-order valence-corrected chi connectivity index (χ4v) is 1.57. The van der Waals surface area contributed by atoms with E-state index in [4.69, 9.17) is 5.11 Å². The molecule has 0 aromatic rings. The lowest BCUT2D eigenvalue weighted by Gasteiger charge is -2.28. The van der Waals surface area contributed by atoms with Gasteiger partial charge in [-0.15, -0.1) is 0 Å². The zero-order valence-corrected chi connectivity index (χ0v) is 11.8. The van der Waals surface area contributed by atoms with E-state index < -0.39 is 18.0 Å². The number of carboxylic acids is 1. The maximum Gasteiger partial charge on any atom is 0.317 e. The van der Waals surface area contributed by atoms with E-state index in [-0.39, 0.29) is 18.0 Å². The molecule has 0 aliphatic carbocycles. The summed E-state index contributed by atoms with van der Waals surface area (Å²) >= 11 is 0. The Hall–Kier alpha value is -1.30. The van der Waals surface area contributed by atoms with Crippen LogP contribution in [0.4, 0.5) is 4.79 Å². The molecule has 106 valence electrons. The molecule has 0 heterocycles. The van der Waals surface area contributed by atoms with Crippen molar-refractivity contribution in [1.29, 1.82) is 0 Å². The van der Waals surface area contributed by atoms with Gasteiger partial charge in [0, 0.05) is 20.1 Å². The molecule has 0 fully saturated rings. The van der Waals surface area contributed by atoms with Crippen molar-refractivity contribution in [3.63, 3.8) is 0 Å². The van der Waals surface area contributed by atoms with Gasteiger partial charge in [-0.05, 0) is 12.3 Å². The van der Waals surface area contributed by atoms with Crippen LogP contribution >= 0.6 is 0 Å². The lowest BCUT2D eigenvalue weighted by Crippen LogP contribution is -2.47. The summed E-state index contributed by atoms with van der Waals surface area (Å²) in [6.07, 6.45) is -0.406. The Morgan fingerprint density at radius 1 is 1.22 bits per heavy atom. The third kappa shape index (κ3) is 7.89. The molecule has 3 N–H and O–H groups in total. The first-order valence-electron chi connectivity index (χ1n) is 5.86. The Labute approximate surface area is 108 Å². The highest BCUT2D eigenvalue weighted by molar-refractivity contribution is 5.74. The fraction of sp³-hybridized carbons (Fsp3) is 0.833. The highest BCUT2D eigenvalue weighted by atomic mass is 16.4. The summed E-state index contributed by atoms with van der Waals surface area (Å²) in [6.45, 7) is 7.89. The zero-order valence-electron chi connectivity index (χ0n) is 11.8. The van der Waals surface area contributed by atoms with E-state index in [1.807, 2.05) is 20.8 Å². The molecule has 0 aromatic heterocycles. The largest absolute Gasteiger partial charge is 0.481 e. The van der Waals surface area contributed by atoms with Crippen molar-refractivity contribution >= 4 is 12.0 Å².